The predicted molar refractivity (Wildman–Crippen MR) is 74.5 cm³/mol. The van der Waals surface area contributed by atoms with Gasteiger partial charge < -0.3 is 10.0 Å². The van der Waals surface area contributed by atoms with Crippen LogP contribution in [0.3, 0.4) is 0 Å². The number of rotatable bonds is 5. The van der Waals surface area contributed by atoms with Crippen LogP contribution in [0.5, 0.6) is 0 Å². The van der Waals surface area contributed by atoms with Gasteiger partial charge in [-0.25, -0.2) is 0 Å². The van der Waals surface area contributed by atoms with Gasteiger partial charge in [0.1, 0.15) is 0 Å². The minimum Gasteiger partial charge on any atom is -0.389 e. The van der Waals surface area contributed by atoms with Crippen molar-refractivity contribution < 1.29 is 5.11 Å². The Balaban J connectivity index is 3.20. The zero-order valence-corrected chi connectivity index (χ0v) is 11.6. The predicted octanol–water partition coefficient (Wildman–Crippen LogP) is 2.60. The standard InChI is InChI=1S/C15H19N3O/c1-4-18(10-11(2)8-16)15-7-13(9-17)5-6-14(15)12(3)19/h5-7,11-12,19H,4,10H2,1-3H3/t11?,12-/m0/s1. The van der Waals surface area contributed by atoms with E-state index in [1.807, 2.05) is 18.7 Å². The van der Waals surface area contributed by atoms with Crippen LogP contribution in [0.15, 0.2) is 18.2 Å². The van der Waals surface area contributed by atoms with Gasteiger partial charge in [0.2, 0.25) is 0 Å². The van der Waals surface area contributed by atoms with E-state index in [4.69, 9.17) is 10.5 Å². The Kier molecular flexibility index (Phi) is 5.36. The first-order valence-corrected chi connectivity index (χ1v) is 6.40. The van der Waals surface area contributed by atoms with E-state index < -0.39 is 6.10 Å². The molecule has 2 atom stereocenters. The van der Waals surface area contributed by atoms with Gasteiger partial charge in [-0.2, -0.15) is 10.5 Å². The zero-order chi connectivity index (χ0) is 14.4. The first kappa shape index (κ1) is 15.0. The number of benzene rings is 1. The molecule has 1 rings (SSSR count). The molecule has 0 heterocycles. The topological polar surface area (TPSA) is 71.0 Å². The highest BCUT2D eigenvalue weighted by Crippen LogP contribution is 2.28. The Morgan fingerprint density at radius 3 is 2.47 bits per heavy atom. The summed E-state index contributed by atoms with van der Waals surface area (Å²) in [6.07, 6.45) is -0.603. The molecule has 100 valence electrons. The fourth-order valence-corrected chi connectivity index (χ4v) is 2.01. The van der Waals surface area contributed by atoms with Crippen LogP contribution in [0.2, 0.25) is 0 Å². The van der Waals surface area contributed by atoms with Crippen molar-refractivity contribution in [2.24, 2.45) is 5.92 Å². The summed E-state index contributed by atoms with van der Waals surface area (Å²) in [7, 11) is 0. The van der Waals surface area contributed by atoms with Crippen molar-refractivity contribution in [1.82, 2.24) is 0 Å². The highest BCUT2D eigenvalue weighted by Gasteiger charge is 2.16. The fraction of sp³-hybridized carbons (Fsp3) is 0.467. The van der Waals surface area contributed by atoms with Gasteiger partial charge in [-0.15, -0.1) is 0 Å². The molecular weight excluding hydrogens is 238 g/mol. The van der Waals surface area contributed by atoms with Crippen LogP contribution in [-0.4, -0.2) is 18.2 Å². The zero-order valence-electron chi connectivity index (χ0n) is 11.6. The van der Waals surface area contributed by atoms with Gasteiger partial charge in [0.25, 0.3) is 0 Å². The molecule has 0 fully saturated rings. The van der Waals surface area contributed by atoms with Crippen LogP contribution in [0, 0.1) is 28.6 Å². The Bertz CT molecular complexity index is 511. The quantitative estimate of drug-likeness (QED) is 0.880. The molecule has 4 nitrogen and oxygen atoms in total. The third-order valence-electron chi connectivity index (χ3n) is 3.05. The van der Waals surface area contributed by atoms with Crippen LogP contribution in [0.25, 0.3) is 0 Å². The number of nitriles is 2. The van der Waals surface area contributed by atoms with E-state index in [0.29, 0.717) is 12.1 Å². The summed E-state index contributed by atoms with van der Waals surface area (Å²) < 4.78 is 0. The lowest BCUT2D eigenvalue weighted by atomic mass is 10.0. The Morgan fingerprint density at radius 1 is 1.32 bits per heavy atom. The molecule has 0 saturated carbocycles. The molecule has 0 amide bonds. The van der Waals surface area contributed by atoms with E-state index in [1.54, 1.807) is 25.1 Å². The minimum atomic E-state index is -0.603. The van der Waals surface area contributed by atoms with Crippen molar-refractivity contribution >= 4 is 5.69 Å². The monoisotopic (exact) mass is 257 g/mol. The van der Waals surface area contributed by atoms with E-state index in [9.17, 15) is 5.11 Å². The summed E-state index contributed by atoms with van der Waals surface area (Å²) in [5.74, 6) is -0.104. The average Bonchev–Trinajstić information content (AvgIpc) is 2.43. The highest BCUT2D eigenvalue weighted by atomic mass is 16.3. The number of nitrogens with zero attached hydrogens (tertiary/aromatic N) is 3. The maximum absolute atomic E-state index is 9.83. The van der Waals surface area contributed by atoms with Crippen LogP contribution in [-0.2, 0) is 0 Å². The molecule has 0 spiro atoms. The second kappa shape index (κ2) is 6.78. The first-order chi connectivity index (χ1) is 9.03. The third-order valence-corrected chi connectivity index (χ3v) is 3.05. The van der Waals surface area contributed by atoms with Crippen LogP contribution >= 0.6 is 0 Å². The van der Waals surface area contributed by atoms with Gasteiger partial charge >= 0.3 is 0 Å². The summed E-state index contributed by atoms with van der Waals surface area (Å²) in [5, 5.41) is 27.7. The number of hydrogen-bond donors (Lipinski definition) is 1. The van der Waals surface area contributed by atoms with E-state index in [2.05, 4.69) is 12.1 Å². The summed E-state index contributed by atoms with van der Waals surface area (Å²) in [6, 6.07) is 9.57. The molecule has 1 N–H and O–H groups in total. The molecule has 0 bridgehead atoms. The van der Waals surface area contributed by atoms with E-state index in [1.165, 1.54) is 0 Å². The summed E-state index contributed by atoms with van der Waals surface area (Å²) in [6.45, 7) is 6.86. The fourth-order valence-electron chi connectivity index (χ4n) is 2.01. The average molecular weight is 257 g/mol. The molecule has 0 radical (unpaired) electrons. The van der Waals surface area contributed by atoms with Gasteiger partial charge in [0.05, 0.1) is 29.7 Å². The Morgan fingerprint density at radius 2 is 2.00 bits per heavy atom. The van der Waals surface area contributed by atoms with Crippen LogP contribution in [0.4, 0.5) is 5.69 Å². The molecule has 1 unspecified atom stereocenters. The third kappa shape index (κ3) is 3.71. The lowest BCUT2D eigenvalue weighted by Gasteiger charge is -2.27. The van der Waals surface area contributed by atoms with Crippen LogP contribution in [0.1, 0.15) is 38.0 Å². The second-order valence-electron chi connectivity index (χ2n) is 4.63. The Hall–Kier alpha value is -2.04. The molecule has 0 saturated heterocycles. The summed E-state index contributed by atoms with van der Waals surface area (Å²) >= 11 is 0. The number of aliphatic hydroxyl groups is 1. The second-order valence-corrected chi connectivity index (χ2v) is 4.63. The van der Waals surface area contributed by atoms with Gasteiger partial charge in [0, 0.05) is 24.3 Å². The lowest BCUT2D eigenvalue weighted by Crippen LogP contribution is -2.29. The van der Waals surface area contributed by atoms with Crippen molar-refractivity contribution in [2.75, 3.05) is 18.0 Å². The minimum absolute atomic E-state index is 0.104. The molecule has 1 aromatic carbocycles. The van der Waals surface area contributed by atoms with Gasteiger partial charge in [-0.1, -0.05) is 6.07 Å². The van der Waals surface area contributed by atoms with Crippen molar-refractivity contribution in [3.63, 3.8) is 0 Å². The van der Waals surface area contributed by atoms with Crippen molar-refractivity contribution in [2.45, 2.75) is 26.9 Å². The molecular formula is C15H19N3O. The smallest absolute Gasteiger partial charge is 0.0992 e. The van der Waals surface area contributed by atoms with Crippen LogP contribution < -0.4 is 4.90 Å². The molecule has 19 heavy (non-hydrogen) atoms. The molecule has 4 heteroatoms. The van der Waals surface area contributed by atoms with E-state index in [0.717, 1.165) is 17.8 Å². The molecule has 0 aliphatic heterocycles. The van der Waals surface area contributed by atoms with E-state index >= 15 is 0 Å². The lowest BCUT2D eigenvalue weighted by molar-refractivity contribution is 0.199. The van der Waals surface area contributed by atoms with Crippen molar-refractivity contribution in [1.29, 1.82) is 10.5 Å². The maximum atomic E-state index is 9.83. The summed E-state index contributed by atoms with van der Waals surface area (Å²) in [4.78, 5) is 2.02. The van der Waals surface area contributed by atoms with Crippen molar-refractivity contribution in [3.05, 3.63) is 29.3 Å². The molecule has 0 aliphatic carbocycles. The van der Waals surface area contributed by atoms with Crippen molar-refractivity contribution in [3.8, 4) is 12.1 Å². The number of anilines is 1. The normalized spacial score (nSPS) is 13.2. The van der Waals surface area contributed by atoms with Gasteiger partial charge in [0.15, 0.2) is 0 Å². The molecule has 1 aromatic rings. The first-order valence-electron chi connectivity index (χ1n) is 6.40. The SMILES string of the molecule is CCN(CC(C)C#N)c1cc(C#N)ccc1[C@H](C)O. The number of hydrogen-bond acceptors (Lipinski definition) is 4. The van der Waals surface area contributed by atoms with E-state index in [-0.39, 0.29) is 5.92 Å². The largest absolute Gasteiger partial charge is 0.389 e. The maximum Gasteiger partial charge on any atom is 0.0992 e. The highest BCUT2D eigenvalue weighted by molar-refractivity contribution is 5.58. The number of aliphatic hydroxyl groups excluding tert-OH is 1. The summed E-state index contributed by atoms with van der Waals surface area (Å²) in [5.41, 5.74) is 2.17. The molecule has 0 aromatic heterocycles. The molecule has 0 aliphatic rings. The Labute approximate surface area is 114 Å². The van der Waals surface area contributed by atoms with Gasteiger partial charge in [-0.05, 0) is 32.9 Å². The van der Waals surface area contributed by atoms with Gasteiger partial charge in [-0.3, -0.25) is 0 Å².